The first-order valence-electron chi connectivity index (χ1n) is 13.5. The first kappa shape index (κ1) is 20.1. The summed E-state index contributed by atoms with van der Waals surface area (Å²) in [6, 6.07) is 0. The van der Waals surface area contributed by atoms with E-state index in [2.05, 4.69) is 26.0 Å². The lowest BCUT2D eigenvalue weighted by atomic mass is 9.47. The van der Waals surface area contributed by atoms with Gasteiger partial charge < -0.3 is 9.47 Å². The molecule has 0 N–H and O–H groups in total. The predicted molar refractivity (Wildman–Crippen MR) is 119 cm³/mol. The Morgan fingerprint density at radius 1 is 0.875 bits per heavy atom. The first-order valence-corrected chi connectivity index (χ1v) is 13.5. The second kappa shape index (κ2) is 6.85. The summed E-state index contributed by atoms with van der Waals surface area (Å²) in [5.41, 5.74) is -0.341. The number of carbonyl (C=O) groups is 2. The SMILES string of the molecule is CC(C)C1(OC(=O)COC(=O)C2CC3CC2C2C4C=CC(C4)C32)C2CC3CC(C2)CC1C3. The maximum Gasteiger partial charge on any atom is 0.344 e. The second-order valence-electron chi connectivity index (χ2n) is 13.0. The summed E-state index contributed by atoms with van der Waals surface area (Å²) < 4.78 is 12.0. The van der Waals surface area contributed by atoms with Crippen molar-refractivity contribution in [2.75, 3.05) is 6.61 Å². The minimum atomic E-state index is -0.341. The third kappa shape index (κ3) is 2.61. The Balaban J connectivity index is 1.00. The van der Waals surface area contributed by atoms with Crippen LogP contribution in [0.1, 0.15) is 65.2 Å². The molecule has 8 bridgehead atoms. The van der Waals surface area contributed by atoms with Crippen molar-refractivity contribution in [1.82, 2.24) is 0 Å². The fraction of sp³-hybridized carbons (Fsp3) is 0.857. The van der Waals surface area contributed by atoms with Gasteiger partial charge in [-0.1, -0.05) is 26.0 Å². The Kier molecular flexibility index (Phi) is 4.30. The van der Waals surface area contributed by atoms with Crippen molar-refractivity contribution < 1.29 is 19.1 Å². The Labute approximate surface area is 191 Å². The van der Waals surface area contributed by atoms with Crippen molar-refractivity contribution in [3.8, 4) is 0 Å². The van der Waals surface area contributed by atoms with Gasteiger partial charge in [-0.15, -0.1) is 0 Å². The van der Waals surface area contributed by atoms with Gasteiger partial charge >= 0.3 is 11.9 Å². The summed E-state index contributed by atoms with van der Waals surface area (Å²) >= 11 is 0. The summed E-state index contributed by atoms with van der Waals surface area (Å²) in [6.45, 7) is 4.24. The summed E-state index contributed by atoms with van der Waals surface area (Å²) in [5, 5.41) is 0. The first-order chi connectivity index (χ1) is 15.4. The van der Waals surface area contributed by atoms with Crippen LogP contribution in [0.3, 0.4) is 0 Å². The standard InChI is InChI=1S/C28H38O4/c1-14(2)28(20-6-15-5-16(8-20)9-21(28)7-15)32-24(29)13-31-27(30)23-12-19-11-22(23)26-18-4-3-17(10-18)25(19)26/h3-4,14-23,25-26H,5-13H2,1-2H3. The molecule has 0 aliphatic heterocycles. The molecule has 7 unspecified atom stereocenters. The zero-order valence-corrected chi connectivity index (χ0v) is 19.6. The van der Waals surface area contributed by atoms with Gasteiger partial charge in [0.2, 0.25) is 0 Å². The fourth-order valence-corrected chi connectivity index (χ4v) is 10.9. The van der Waals surface area contributed by atoms with Gasteiger partial charge in [-0.3, -0.25) is 4.79 Å². The van der Waals surface area contributed by atoms with Crippen LogP contribution < -0.4 is 0 Å². The molecule has 0 aromatic rings. The molecule has 0 aromatic carbocycles. The van der Waals surface area contributed by atoms with Crippen LogP contribution >= 0.6 is 0 Å². The fourth-order valence-electron chi connectivity index (χ4n) is 10.9. The number of carbonyl (C=O) groups excluding carboxylic acids is 2. The van der Waals surface area contributed by atoms with E-state index in [0.29, 0.717) is 41.4 Å². The van der Waals surface area contributed by atoms with Crippen molar-refractivity contribution in [2.45, 2.75) is 70.8 Å². The lowest BCUT2D eigenvalue weighted by Crippen LogP contribution is -2.62. The van der Waals surface area contributed by atoms with E-state index in [0.717, 1.165) is 30.1 Å². The van der Waals surface area contributed by atoms with E-state index in [1.807, 2.05) is 0 Å². The minimum absolute atomic E-state index is 0.00188. The molecule has 0 amide bonds. The number of hydrogen-bond acceptors (Lipinski definition) is 4. The number of hydrogen-bond donors (Lipinski definition) is 0. The van der Waals surface area contributed by atoms with E-state index in [-0.39, 0.29) is 30.1 Å². The number of allylic oxidation sites excluding steroid dienone is 2. The molecule has 174 valence electrons. The van der Waals surface area contributed by atoms with Crippen molar-refractivity contribution in [1.29, 1.82) is 0 Å². The van der Waals surface area contributed by atoms with Crippen LogP contribution in [0.15, 0.2) is 12.2 Å². The Bertz CT molecular complexity index is 829. The molecule has 8 rings (SSSR count). The second-order valence-corrected chi connectivity index (χ2v) is 13.0. The predicted octanol–water partition coefficient (Wildman–Crippen LogP) is 5.02. The Hall–Kier alpha value is -1.32. The van der Waals surface area contributed by atoms with Crippen molar-refractivity contribution in [3.63, 3.8) is 0 Å². The van der Waals surface area contributed by atoms with Gasteiger partial charge in [-0.25, -0.2) is 4.79 Å². The average molecular weight is 439 g/mol. The zero-order valence-electron chi connectivity index (χ0n) is 19.6. The molecule has 8 aliphatic carbocycles. The van der Waals surface area contributed by atoms with E-state index < -0.39 is 0 Å². The molecule has 0 heterocycles. The van der Waals surface area contributed by atoms with E-state index >= 15 is 0 Å². The molecule has 0 aromatic heterocycles. The highest BCUT2D eigenvalue weighted by atomic mass is 16.6. The Morgan fingerprint density at radius 2 is 1.53 bits per heavy atom. The summed E-state index contributed by atoms with van der Waals surface area (Å²) in [6.07, 6.45) is 14.5. The quantitative estimate of drug-likeness (QED) is 0.344. The topological polar surface area (TPSA) is 52.6 Å². The van der Waals surface area contributed by atoms with E-state index in [4.69, 9.17) is 9.47 Å². The largest absolute Gasteiger partial charge is 0.456 e. The van der Waals surface area contributed by atoms with Gasteiger partial charge in [0.1, 0.15) is 5.60 Å². The highest BCUT2D eigenvalue weighted by Crippen LogP contribution is 2.67. The minimum Gasteiger partial charge on any atom is -0.456 e. The van der Waals surface area contributed by atoms with Crippen molar-refractivity contribution >= 4 is 11.9 Å². The van der Waals surface area contributed by atoms with Crippen LogP contribution in [0.2, 0.25) is 0 Å². The normalized spacial score (nSPS) is 53.3. The van der Waals surface area contributed by atoms with Crippen LogP contribution in [0.5, 0.6) is 0 Å². The van der Waals surface area contributed by atoms with Crippen molar-refractivity contribution in [3.05, 3.63) is 12.2 Å². The highest BCUT2D eigenvalue weighted by molar-refractivity contribution is 5.78. The molecule has 0 spiro atoms. The van der Waals surface area contributed by atoms with Gasteiger partial charge in [-0.05, 0) is 116 Å². The number of ether oxygens (including phenoxy) is 2. The summed E-state index contributed by atoms with van der Waals surface area (Å²) in [5.74, 6) is 6.62. The maximum absolute atomic E-state index is 13.0. The summed E-state index contributed by atoms with van der Waals surface area (Å²) in [7, 11) is 0. The molecular formula is C28H38O4. The lowest BCUT2D eigenvalue weighted by molar-refractivity contribution is -0.228. The molecule has 32 heavy (non-hydrogen) atoms. The molecular weight excluding hydrogens is 400 g/mol. The third-order valence-corrected chi connectivity index (χ3v) is 11.5. The van der Waals surface area contributed by atoms with Crippen LogP contribution in [0, 0.1) is 71.0 Å². The van der Waals surface area contributed by atoms with Gasteiger partial charge in [0.25, 0.3) is 0 Å². The Morgan fingerprint density at radius 3 is 2.19 bits per heavy atom. The van der Waals surface area contributed by atoms with Crippen LogP contribution in [-0.4, -0.2) is 24.1 Å². The monoisotopic (exact) mass is 438 g/mol. The molecule has 7 saturated carbocycles. The van der Waals surface area contributed by atoms with E-state index in [1.54, 1.807) is 0 Å². The smallest absolute Gasteiger partial charge is 0.344 e. The van der Waals surface area contributed by atoms with E-state index in [1.165, 1.54) is 44.9 Å². The number of fused-ring (bicyclic) bond motifs is 9. The van der Waals surface area contributed by atoms with Crippen LogP contribution in [0.25, 0.3) is 0 Å². The average Bonchev–Trinajstić information content (AvgIpc) is 3.53. The van der Waals surface area contributed by atoms with Gasteiger partial charge in [-0.2, -0.15) is 0 Å². The number of esters is 2. The molecule has 0 radical (unpaired) electrons. The van der Waals surface area contributed by atoms with Gasteiger partial charge in [0.05, 0.1) is 5.92 Å². The van der Waals surface area contributed by atoms with Crippen LogP contribution in [0.4, 0.5) is 0 Å². The van der Waals surface area contributed by atoms with Crippen LogP contribution in [-0.2, 0) is 19.1 Å². The molecule has 7 fully saturated rings. The molecule has 8 aliphatic rings. The third-order valence-electron chi connectivity index (χ3n) is 11.5. The molecule has 4 heteroatoms. The zero-order chi connectivity index (χ0) is 21.8. The maximum atomic E-state index is 13.0. The molecule has 0 saturated heterocycles. The lowest BCUT2D eigenvalue weighted by Gasteiger charge is -2.61. The van der Waals surface area contributed by atoms with E-state index in [9.17, 15) is 9.59 Å². The van der Waals surface area contributed by atoms with Crippen molar-refractivity contribution in [2.24, 2.45) is 71.0 Å². The summed E-state index contributed by atoms with van der Waals surface area (Å²) in [4.78, 5) is 26.0. The molecule has 4 nitrogen and oxygen atoms in total. The molecule has 7 atom stereocenters. The number of rotatable bonds is 5. The highest BCUT2D eigenvalue weighted by Gasteiger charge is 2.63. The van der Waals surface area contributed by atoms with Gasteiger partial charge in [0, 0.05) is 0 Å². The van der Waals surface area contributed by atoms with Gasteiger partial charge in [0.15, 0.2) is 6.61 Å².